The molecule has 0 bridgehead atoms. The highest BCUT2D eigenvalue weighted by molar-refractivity contribution is 9.12. The Morgan fingerprint density at radius 2 is 1.92 bits per heavy atom. The first-order valence-electron chi connectivity index (χ1n) is 4.62. The summed E-state index contributed by atoms with van der Waals surface area (Å²) in [5.74, 6) is 0. The lowest BCUT2D eigenvalue weighted by molar-refractivity contribution is 0.782. The van der Waals surface area contributed by atoms with E-state index in [-0.39, 0.29) is 0 Å². The molecule has 70 valence electrons. The van der Waals surface area contributed by atoms with Gasteiger partial charge in [0, 0.05) is 4.48 Å². The molecule has 12 heavy (non-hydrogen) atoms. The molecular weight excluding hydrogens is 212 g/mol. The molecule has 0 saturated heterocycles. The lowest BCUT2D eigenvalue weighted by Gasteiger charge is -2.05. The fourth-order valence-corrected chi connectivity index (χ4v) is 1.39. The van der Waals surface area contributed by atoms with Crippen LogP contribution in [0.15, 0.2) is 21.7 Å². The lowest BCUT2D eigenvalue weighted by Crippen LogP contribution is -1.85. The van der Waals surface area contributed by atoms with Crippen LogP contribution in [0.3, 0.4) is 0 Å². The van der Waals surface area contributed by atoms with E-state index in [2.05, 4.69) is 49.7 Å². The molecule has 0 aromatic rings. The van der Waals surface area contributed by atoms with Crippen LogP contribution in [0.2, 0.25) is 0 Å². The largest absolute Gasteiger partial charge is 0.0731 e. The molecule has 0 aliphatic rings. The first-order valence-corrected chi connectivity index (χ1v) is 5.41. The van der Waals surface area contributed by atoms with E-state index in [1.807, 2.05) is 0 Å². The second kappa shape index (κ2) is 6.47. The van der Waals surface area contributed by atoms with E-state index >= 15 is 0 Å². The maximum absolute atomic E-state index is 3.54. The zero-order valence-electron chi connectivity index (χ0n) is 8.58. The molecule has 0 unspecified atom stereocenters. The molecule has 0 fully saturated rings. The molecule has 0 N–H and O–H groups in total. The van der Waals surface area contributed by atoms with E-state index < -0.39 is 0 Å². The highest BCUT2D eigenvalue weighted by Gasteiger charge is 1.98. The number of unbranched alkanes of at least 4 members (excludes halogenated alkanes) is 1. The summed E-state index contributed by atoms with van der Waals surface area (Å²) in [6.45, 7) is 8.68. The third kappa shape index (κ3) is 4.10. The van der Waals surface area contributed by atoms with Crippen molar-refractivity contribution < 1.29 is 0 Å². The molecule has 0 amide bonds. The van der Waals surface area contributed by atoms with Gasteiger partial charge in [0.1, 0.15) is 0 Å². The summed E-state index contributed by atoms with van der Waals surface area (Å²) in [5.41, 5.74) is 2.90. The zero-order chi connectivity index (χ0) is 9.56. The number of allylic oxidation sites excluding steroid dienone is 4. The molecule has 0 heterocycles. The Hall–Kier alpha value is -0.0400. The Morgan fingerprint density at radius 1 is 1.33 bits per heavy atom. The second-order valence-electron chi connectivity index (χ2n) is 3.15. The lowest BCUT2D eigenvalue weighted by atomic mass is 10.0. The quantitative estimate of drug-likeness (QED) is 0.609. The van der Waals surface area contributed by atoms with Crippen molar-refractivity contribution in [1.82, 2.24) is 0 Å². The minimum absolute atomic E-state index is 1.23. The van der Waals surface area contributed by atoms with Crippen LogP contribution in [0.4, 0.5) is 0 Å². The standard InChI is InChI=1S/C11H19Br/c1-5-7-8-9(3)10(4)11(12)6-2/h6H,5,7-8H2,1-4H3/b10-9+,11-6+. The Kier molecular flexibility index (Phi) is 6.45. The summed E-state index contributed by atoms with van der Waals surface area (Å²) in [6.07, 6.45) is 5.90. The number of hydrogen-bond donors (Lipinski definition) is 0. The van der Waals surface area contributed by atoms with Crippen LogP contribution in [0, 0.1) is 0 Å². The maximum Gasteiger partial charge on any atom is 0.0161 e. The molecule has 0 radical (unpaired) electrons. The average Bonchev–Trinajstić information content (AvgIpc) is 2.11. The minimum Gasteiger partial charge on any atom is -0.0731 e. The van der Waals surface area contributed by atoms with Crippen molar-refractivity contribution in [2.24, 2.45) is 0 Å². The summed E-state index contributed by atoms with van der Waals surface area (Å²) in [4.78, 5) is 0. The summed E-state index contributed by atoms with van der Waals surface area (Å²) in [5, 5.41) is 0. The minimum atomic E-state index is 1.23. The van der Waals surface area contributed by atoms with Crippen LogP contribution >= 0.6 is 15.9 Å². The first-order chi connectivity index (χ1) is 5.63. The molecule has 0 nitrogen and oxygen atoms in total. The first kappa shape index (κ1) is 12.0. The van der Waals surface area contributed by atoms with Crippen molar-refractivity contribution in [3.8, 4) is 0 Å². The topological polar surface area (TPSA) is 0 Å². The molecule has 0 saturated carbocycles. The molecule has 0 aromatic carbocycles. The number of halogens is 1. The summed E-state index contributed by atoms with van der Waals surface area (Å²) < 4.78 is 1.23. The highest BCUT2D eigenvalue weighted by Crippen LogP contribution is 2.22. The van der Waals surface area contributed by atoms with E-state index in [9.17, 15) is 0 Å². The van der Waals surface area contributed by atoms with Crippen molar-refractivity contribution in [3.05, 3.63) is 21.7 Å². The van der Waals surface area contributed by atoms with Crippen LogP contribution in [0.5, 0.6) is 0 Å². The van der Waals surface area contributed by atoms with Crippen molar-refractivity contribution in [1.29, 1.82) is 0 Å². The van der Waals surface area contributed by atoms with E-state index in [1.165, 1.54) is 34.9 Å². The van der Waals surface area contributed by atoms with Crippen LogP contribution in [-0.4, -0.2) is 0 Å². The molecule has 0 spiro atoms. The van der Waals surface area contributed by atoms with E-state index in [1.54, 1.807) is 0 Å². The normalized spacial score (nSPS) is 14.6. The Labute approximate surface area is 84.9 Å². The number of hydrogen-bond acceptors (Lipinski definition) is 0. The van der Waals surface area contributed by atoms with Gasteiger partial charge in [-0.3, -0.25) is 0 Å². The smallest absolute Gasteiger partial charge is 0.0161 e. The third-order valence-electron chi connectivity index (χ3n) is 2.16. The molecule has 0 aliphatic carbocycles. The van der Waals surface area contributed by atoms with Crippen LogP contribution in [-0.2, 0) is 0 Å². The fraction of sp³-hybridized carbons (Fsp3) is 0.636. The summed E-state index contributed by atoms with van der Waals surface area (Å²) in [6, 6.07) is 0. The second-order valence-corrected chi connectivity index (χ2v) is 4.00. The molecule has 0 aliphatic heterocycles. The van der Waals surface area contributed by atoms with Gasteiger partial charge in [-0.25, -0.2) is 0 Å². The number of rotatable bonds is 4. The summed E-state index contributed by atoms with van der Waals surface area (Å²) in [7, 11) is 0. The SMILES string of the molecule is C/C=C(Br)\C(C)=C(/C)CCCC. The van der Waals surface area contributed by atoms with Gasteiger partial charge < -0.3 is 0 Å². The van der Waals surface area contributed by atoms with Gasteiger partial charge >= 0.3 is 0 Å². The van der Waals surface area contributed by atoms with E-state index in [0.717, 1.165) is 0 Å². The van der Waals surface area contributed by atoms with Crippen LogP contribution in [0.1, 0.15) is 47.0 Å². The molecular formula is C11H19Br. The summed E-state index contributed by atoms with van der Waals surface area (Å²) >= 11 is 3.54. The monoisotopic (exact) mass is 230 g/mol. The Bertz CT molecular complexity index is 187. The van der Waals surface area contributed by atoms with Crippen molar-refractivity contribution in [3.63, 3.8) is 0 Å². The fourth-order valence-electron chi connectivity index (χ4n) is 1.05. The Morgan fingerprint density at radius 3 is 2.33 bits per heavy atom. The predicted molar refractivity (Wildman–Crippen MR) is 60.6 cm³/mol. The van der Waals surface area contributed by atoms with Crippen molar-refractivity contribution in [2.45, 2.75) is 47.0 Å². The van der Waals surface area contributed by atoms with E-state index in [0.29, 0.717) is 0 Å². The van der Waals surface area contributed by atoms with Crippen molar-refractivity contribution in [2.75, 3.05) is 0 Å². The van der Waals surface area contributed by atoms with Gasteiger partial charge in [-0.15, -0.1) is 0 Å². The van der Waals surface area contributed by atoms with Gasteiger partial charge in [-0.2, -0.15) is 0 Å². The van der Waals surface area contributed by atoms with Gasteiger partial charge in [-0.05, 0) is 39.2 Å². The zero-order valence-corrected chi connectivity index (χ0v) is 10.2. The van der Waals surface area contributed by atoms with Gasteiger partial charge in [0.25, 0.3) is 0 Å². The highest BCUT2D eigenvalue weighted by atomic mass is 79.9. The van der Waals surface area contributed by atoms with Gasteiger partial charge in [-0.1, -0.05) is 40.9 Å². The van der Waals surface area contributed by atoms with E-state index in [4.69, 9.17) is 0 Å². The molecule has 1 heteroatoms. The maximum atomic E-state index is 3.54. The van der Waals surface area contributed by atoms with Gasteiger partial charge in [0.2, 0.25) is 0 Å². The van der Waals surface area contributed by atoms with Gasteiger partial charge in [0.05, 0.1) is 0 Å². The van der Waals surface area contributed by atoms with Crippen molar-refractivity contribution >= 4 is 15.9 Å². The van der Waals surface area contributed by atoms with Crippen LogP contribution in [0.25, 0.3) is 0 Å². The predicted octanol–water partition coefficient (Wildman–Crippen LogP) is 4.81. The molecule has 0 atom stereocenters. The van der Waals surface area contributed by atoms with Crippen LogP contribution < -0.4 is 0 Å². The third-order valence-corrected chi connectivity index (χ3v) is 3.21. The Balaban J connectivity index is 4.25. The molecule has 0 aromatic heterocycles. The average molecular weight is 231 g/mol. The van der Waals surface area contributed by atoms with Gasteiger partial charge in [0.15, 0.2) is 0 Å². The molecule has 0 rings (SSSR count).